The van der Waals surface area contributed by atoms with Crippen molar-refractivity contribution in [3.05, 3.63) is 21.7 Å². The molecule has 0 aliphatic heterocycles. The molecule has 1 aliphatic rings. The standard InChI is InChI=1S/C12H14N4O4S/c17-11(18)7-1-3-8(4-2-7)13-9-10(16(19)20)15-5-6-21-12(15)14-9/h5-8,13H,1-4H2,(H,17,18). The molecule has 21 heavy (non-hydrogen) atoms. The van der Waals surface area contributed by atoms with Crippen molar-refractivity contribution in [2.75, 3.05) is 5.32 Å². The highest BCUT2D eigenvalue weighted by atomic mass is 32.1. The number of carbonyl (C=O) groups is 1. The van der Waals surface area contributed by atoms with E-state index in [-0.39, 0.29) is 23.6 Å². The summed E-state index contributed by atoms with van der Waals surface area (Å²) in [6, 6.07) is 0.0314. The monoisotopic (exact) mass is 310 g/mol. The molecule has 1 aliphatic carbocycles. The summed E-state index contributed by atoms with van der Waals surface area (Å²) in [5.41, 5.74) is 0. The van der Waals surface area contributed by atoms with E-state index in [1.165, 1.54) is 15.7 Å². The molecule has 0 radical (unpaired) electrons. The molecule has 0 atom stereocenters. The molecule has 0 bridgehead atoms. The van der Waals surface area contributed by atoms with Crippen LogP contribution in [0.3, 0.4) is 0 Å². The number of carboxylic acids is 1. The van der Waals surface area contributed by atoms with Crippen molar-refractivity contribution in [2.45, 2.75) is 31.7 Å². The summed E-state index contributed by atoms with van der Waals surface area (Å²) >= 11 is 1.34. The van der Waals surface area contributed by atoms with Crippen molar-refractivity contribution >= 4 is 33.9 Å². The highest BCUT2D eigenvalue weighted by Crippen LogP contribution is 2.32. The van der Waals surface area contributed by atoms with E-state index >= 15 is 0 Å². The number of hydrogen-bond donors (Lipinski definition) is 2. The van der Waals surface area contributed by atoms with Crippen molar-refractivity contribution in [1.29, 1.82) is 0 Å². The third-order valence-corrected chi connectivity index (χ3v) is 4.58. The van der Waals surface area contributed by atoms with Gasteiger partial charge in [-0.2, -0.15) is 9.38 Å². The average Bonchev–Trinajstić information content (AvgIpc) is 2.98. The van der Waals surface area contributed by atoms with Crippen LogP contribution in [0.1, 0.15) is 25.7 Å². The quantitative estimate of drug-likeness (QED) is 0.662. The van der Waals surface area contributed by atoms with E-state index in [1.54, 1.807) is 11.6 Å². The average molecular weight is 310 g/mol. The number of imidazole rings is 1. The zero-order valence-corrected chi connectivity index (χ0v) is 11.9. The van der Waals surface area contributed by atoms with Gasteiger partial charge in [0.2, 0.25) is 5.82 Å². The molecule has 0 saturated heterocycles. The number of aromatic nitrogens is 2. The van der Waals surface area contributed by atoms with E-state index in [0.717, 1.165) is 0 Å². The minimum absolute atomic E-state index is 0.0314. The molecule has 2 N–H and O–H groups in total. The number of nitro groups is 1. The lowest BCUT2D eigenvalue weighted by Crippen LogP contribution is -2.29. The van der Waals surface area contributed by atoms with Gasteiger partial charge in [0.1, 0.15) is 6.20 Å². The maximum Gasteiger partial charge on any atom is 0.372 e. The molecule has 1 saturated carbocycles. The van der Waals surface area contributed by atoms with Gasteiger partial charge < -0.3 is 20.5 Å². The van der Waals surface area contributed by atoms with Crippen LogP contribution < -0.4 is 5.32 Å². The number of carboxylic acid groups (broad SMARTS) is 1. The Morgan fingerprint density at radius 3 is 2.81 bits per heavy atom. The number of aliphatic carboxylic acids is 1. The molecule has 9 heteroatoms. The first-order valence-corrected chi connectivity index (χ1v) is 7.53. The molecule has 2 aromatic rings. The van der Waals surface area contributed by atoms with Gasteiger partial charge in [-0.15, -0.1) is 0 Å². The van der Waals surface area contributed by atoms with Crippen LogP contribution in [-0.2, 0) is 4.79 Å². The van der Waals surface area contributed by atoms with E-state index in [1.807, 2.05) is 0 Å². The van der Waals surface area contributed by atoms with E-state index in [0.29, 0.717) is 30.6 Å². The Balaban J connectivity index is 1.76. The molecular formula is C12H14N4O4S. The van der Waals surface area contributed by atoms with Crippen molar-refractivity contribution < 1.29 is 14.8 Å². The van der Waals surface area contributed by atoms with Crippen LogP contribution >= 0.6 is 11.3 Å². The molecule has 2 aromatic heterocycles. The number of anilines is 1. The molecule has 112 valence electrons. The van der Waals surface area contributed by atoms with Crippen molar-refractivity contribution in [3.63, 3.8) is 0 Å². The maximum absolute atomic E-state index is 11.2. The predicted octanol–water partition coefficient (Wildman–Crippen LogP) is 2.36. The summed E-state index contributed by atoms with van der Waals surface area (Å²) < 4.78 is 1.45. The Labute approximate surface area is 123 Å². The van der Waals surface area contributed by atoms with Gasteiger partial charge in [-0.1, -0.05) is 11.3 Å². The normalized spacial score (nSPS) is 22.3. The first kappa shape index (κ1) is 13.8. The van der Waals surface area contributed by atoms with Crippen LogP contribution in [0, 0.1) is 16.0 Å². The first-order valence-electron chi connectivity index (χ1n) is 6.65. The molecule has 3 rings (SSSR count). The summed E-state index contributed by atoms with van der Waals surface area (Å²) in [4.78, 5) is 26.5. The van der Waals surface area contributed by atoms with Crippen molar-refractivity contribution in [2.24, 2.45) is 5.92 Å². The maximum atomic E-state index is 11.2. The summed E-state index contributed by atoms with van der Waals surface area (Å²) in [7, 11) is 0. The molecule has 0 spiro atoms. The van der Waals surface area contributed by atoms with Gasteiger partial charge in [-0.3, -0.25) is 4.79 Å². The molecular weight excluding hydrogens is 296 g/mol. The topological polar surface area (TPSA) is 110 Å². The zero-order chi connectivity index (χ0) is 15.0. The lowest BCUT2D eigenvalue weighted by atomic mass is 9.86. The third kappa shape index (κ3) is 2.56. The van der Waals surface area contributed by atoms with Crippen LogP contribution in [0.4, 0.5) is 11.6 Å². The molecule has 1 fully saturated rings. The van der Waals surface area contributed by atoms with Gasteiger partial charge in [0, 0.05) is 11.4 Å². The number of hydrogen-bond acceptors (Lipinski definition) is 6. The molecule has 2 heterocycles. The number of fused-ring (bicyclic) bond motifs is 1. The highest BCUT2D eigenvalue weighted by Gasteiger charge is 2.29. The fourth-order valence-electron chi connectivity index (χ4n) is 2.72. The van der Waals surface area contributed by atoms with Crippen LogP contribution in [0.2, 0.25) is 0 Å². The zero-order valence-electron chi connectivity index (χ0n) is 11.1. The van der Waals surface area contributed by atoms with E-state index in [2.05, 4.69) is 10.3 Å². The summed E-state index contributed by atoms with van der Waals surface area (Å²) in [5, 5.41) is 25.0. The third-order valence-electron chi connectivity index (χ3n) is 3.83. The van der Waals surface area contributed by atoms with E-state index < -0.39 is 10.9 Å². The highest BCUT2D eigenvalue weighted by molar-refractivity contribution is 7.15. The minimum atomic E-state index is -0.762. The van der Waals surface area contributed by atoms with Gasteiger partial charge in [-0.25, -0.2) is 0 Å². The molecule has 0 amide bonds. The predicted molar refractivity (Wildman–Crippen MR) is 76.7 cm³/mol. The second kappa shape index (κ2) is 5.32. The van der Waals surface area contributed by atoms with Gasteiger partial charge in [0.25, 0.3) is 4.96 Å². The number of nitrogens with zero attached hydrogens (tertiary/aromatic N) is 3. The Bertz CT molecular complexity index is 687. The number of rotatable bonds is 4. The van der Waals surface area contributed by atoms with Gasteiger partial charge >= 0.3 is 11.8 Å². The SMILES string of the molecule is O=C(O)C1CCC(Nc2nc3sccn3c2[N+](=O)[O-])CC1. The summed E-state index contributed by atoms with van der Waals surface area (Å²) in [6.45, 7) is 0. The summed E-state index contributed by atoms with van der Waals surface area (Å²) in [6.07, 6.45) is 4.16. The Morgan fingerprint density at radius 2 is 2.19 bits per heavy atom. The fourth-order valence-corrected chi connectivity index (χ4v) is 3.43. The lowest BCUT2D eigenvalue weighted by Gasteiger charge is -2.26. The molecule has 0 unspecified atom stereocenters. The summed E-state index contributed by atoms with van der Waals surface area (Å²) in [5.74, 6) is -0.859. The fraction of sp³-hybridized carbons (Fsp3) is 0.500. The van der Waals surface area contributed by atoms with Gasteiger partial charge in [0.15, 0.2) is 0 Å². The van der Waals surface area contributed by atoms with E-state index in [9.17, 15) is 14.9 Å². The Morgan fingerprint density at radius 1 is 1.48 bits per heavy atom. The van der Waals surface area contributed by atoms with Gasteiger partial charge in [-0.05, 0) is 30.6 Å². The van der Waals surface area contributed by atoms with Crippen molar-refractivity contribution in [3.8, 4) is 0 Å². The van der Waals surface area contributed by atoms with Crippen molar-refractivity contribution in [1.82, 2.24) is 9.38 Å². The van der Waals surface area contributed by atoms with E-state index in [4.69, 9.17) is 5.11 Å². The van der Waals surface area contributed by atoms with Gasteiger partial charge in [0.05, 0.1) is 5.92 Å². The molecule has 8 nitrogen and oxygen atoms in total. The van der Waals surface area contributed by atoms with Crippen LogP contribution in [0.15, 0.2) is 11.6 Å². The Hall–Kier alpha value is -2.16. The largest absolute Gasteiger partial charge is 0.481 e. The first-order chi connectivity index (χ1) is 10.1. The lowest BCUT2D eigenvalue weighted by molar-refractivity contribution is -0.389. The number of thiazole rings is 1. The second-order valence-electron chi connectivity index (χ2n) is 5.13. The Kier molecular flexibility index (Phi) is 3.50. The number of nitrogens with one attached hydrogen (secondary N) is 1. The second-order valence-corrected chi connectivity index (χ2v) is 6.00. The molecule has 0 aromatic carbocycles. The van der Waals surface area contributed by atoms with Crippen LogP contribution in [-0.4, -0.2) is 31.4 Å². The smallest absolute Gasteiger partial charge is 0.372 e. The van der Waals surface area contributed by atoms with Crippen LogP contribution in [0.25, 0.3) is 4.96 Å². The van der Waals surface area contributed by atoms with Crippen LogP contribution in [0.5, 0.6) is 0 Å². The minimum Gasteiger partial charge on any atom is -0.481 e.